The predicted octanol–water partition coefficient (Wildman–Crippen LogP) is 1.38. The molecule has 0 spiro atoms. The highest BCUT2D eigenvalue weighted by Gasteiger charge is 2.44. The summed E-state index contributed by atoms with van der Waals surface area (Å²) >= 11 is 0. The van der Waals surface area contributed by atoms with Crippen LogP contribution in [0.2, 0.25) is 0 Å². The quantitative estimate of drug-likeness (QED) is 0.734. The van der Waals surface area contributed by atoms with Gasteiger partial charge in [-0.05, 0) is 34.1 Å². The van der Waals surface area contributed by atoms with Crippen LogP contribution in [0.4, 0.5) is 4.79 Å². The van der Waals surface area contributed by atoms with Gasteiger partial charge >= 0.3 is 6.09 Å². The number of ether oxygens (including phenoxy) is 1. The van der Waals surface area contributed by atoms with Crippen molar-refractivity contribution < 1.29 is 14.6 Å². The van der Waals surface area contributed by atoms with E-state index in [4.69, 9.17) is 4.74 Å². The summed E-state index contributed by atoms with van der Waals surface area (Å²) in [4.78, 5) is 13.1. The van der Waals surface area contributed by atoms with Crippen molar-refractivity contribution in [3.8, 4) is 0 Å². The van der Waals surface area contributed by atoms with Crippen LogP contribution in [0.3, 0.4) is 0 Å². The summed E-state index contributed by atoms with van der Waals surface area (Å²) in [5.41, 5.74) is -1.55. The number of hydrogen-bond acceptors (Lipinski definition) is 3. The van der Waals surface area contributed by atoms with Crippen LogP contribution in [0.15, 0.2) is 0 Å². The van der Waals surface area contributed by atoms with Crippen molar-refractivity contribution in [2.24, 2.45) is 0 Å². The fourth-order valence-electron chi connectivity index (χ4n) is 1.39. The van der Waals surface area contributed by atoms with E-state index in [1.807, 2.05) is 13.8 Å². The maximum atomic E-state index is 11.5. The van der Waals surface area contributed by atoms with Gasteiger partial charge in [-0.1, -0.05) is 0 Å². The highest BCUT2D eigenvalue weighted by atomic mass is 16.6. The van der Waals surface area contributed by atoms with Crippen LogP contribution in [-0.2, 0) is 4.74 Å². The Bertz CT molecular complexity index is 230. The van der Waals surface area contributed by atoms with Gasteiger partial charge in [-0.25, -0.2) is 4.79 Å². The van der Waals surface area contributed by atoms with Gasteiger partial charge in [0.1, 0.15) is 0 Å². The van der Waals surface area contributed by atoms with Crippen LogP contribution < -0.4 is 0 Å². The molecule has 0 atom stereocenters. The molecular weight excluding hydrogens is 182 g/mol. The molecule has 1 saturated heterocycles. The van der Waals surface area contributed by atoms with Crippen LogP contribution in [0.1, 0.15) is 34.1 Å². The average Bonchev–Trinajstić information content (AvgIpc) is 2.02. The number of nitrogens with zero attached hydrogens (tertiary/aromatic N) is 1. The first-order chi connectivity index (χ1) is 6.27. The van der Waals surface area contributed by atoms with Gasteiger partial charge in [0.2, 0.25) is 0 Å². The molecule has 4 nitrogen and oxygen atoms in total. The summed E-state index contributed by atoms with van der Waals surface area (Å²) in [6.45, 7) is 8.23. The number of hydrogen-bond donors (Lipinski definition) is 1. The molecule has 1 heterocycles. The van der Waals surface area contributed by atoms with E-state index in [1.165, 1.54) is 0 Å². The maximum absolute atomic E-state index is 11.5. The minimum absolute atomic E-state index is 0.330. The number of cyclic esters (lactones) is 1. The van der Waals surface area contributed by atoms with E-state index in [-0.39, 0.29) is 6.09 Å². The Labute approximate surface area is 84.8 Å². The second-order valence-electron chi connectivity index (χ2n) is 4.74. The molecule has 1 aliphatic rings. The van der Waals surface area contributed by atoms with Crippen molar-refractivity contribution in [1.29, 1.82) is 0 Å². The zero-order chi connectivity index (χ0) is 11.0. The second kappa shape index (κ2) is 3.42. The molecule has 14 heavy (non-hydrogen) atoms. The van der Waals surface area contributed by atoms with Gasteiger partial charge in [-0.2, -0.15) is 0 Å². The summed E-state index contributed by atoms with van der Waals surface area (Å²) in [5, 5.41) is 9.97. The summed E-state index contributed by atoms with van der Waals surface area (Å²) in [5.74, 6) is 0. The molecule has 1 rings (SSSR count). The van der Waals surface area contributed by atoms with Gasteiger partial charge in [0.15, 0.2) is 0 Å². The topological polar surface area (TPSA) is 49.8 Å². The Morgan fingerprint density at radius 3 is 2.36 bits per heavy atom. The lowest BCUT2D eigenvalue weighted by Gasteiger charge is -2.46. The van der Waals surface area contributed by atoms with Crippen molar-refractivity contribution in [3.63, 3.8) is 0 Å². The molecule has 1 fully saturated rings. The molecule has 1 aliphatic heterocycles. The van der Waals surface area contributed by atoms with Crippen molar-refractivity contribution in [2.45, 2.75) is 45.3 Å². The van der Waals surface area contributed by atoms with E-state index >= 15 is 0 Å². The lowest BCUT2D eigenvalue weighted by atomic mass is 9.84. The highest BCUT2D eigenvalue weighted by molar-refractivity contribution is 5.69. The van der Waals surface area contributed by atoms with Crippen LogP contribution in [0.25, 0.3) is 0 Å². The summed E-state index contributed by atoms with van der Waals surface area (Å²) < 4.78 is 4.95. The van der Waals surface area contributed by atoms with Crippen LogP contribution in [-0.4, -0.2) is 40.4 Å². The molecule has 0 aliphatic carbocycles. The average molecular weight is 201 g/mol. The van der Waals surface area contributed by atoms with Crippen LogP contribution in [0, 0.1) is 0 Å². The van der Waals surface area contributed by atoms with E-state index in [1.54, 1.807) is 18.7 Å². The zero-order valence-corrected chi connectivity index (χ0v) is 9.33. The van der Waals surface area contributed by atoms with Gasteiger partial charge in [-0.15, -0.1) is 0 Å². The monoisotopic (exact) mass is 201 g/mol. The molecule has 0 radical (unpaired) electrons. The molecule has 1 N–H and O–H groups in total. The number of aliphatic hydroxyl groups is 1. The van der Waals surface area contributed by atoms with Gasteiger partial charge < -0.3 is 14.7 Å². The molecular formula is C10H19NO3. The zero-order valence-electron chi connectivity index (χ0n) is 9.33. The van der Waals surface area contributed by atoms with E-state index in [2.05, 4.69) is 0 Å². The van der Waals surface area contributed by atoms with Crippen LogP contribution >= 0.6 is 0 Å². The first-order valence-corrected chi connectivity index (χ1v) is 4.93. The fraction of sp³-hybridized carbons (Fsp3) is 0.900. The third-order valence-corrected chi connectivity index (χ3v) is 3.14. The SMILES string of the molecule is CC(C)(O)C(C)(C)N1CCCOC1=O. The number of amides is 1. The van der Waals surface area contributed by atoms with E-state index in [9.17, 15) is 9.90 Å². The van der Waals surface area contributed by atoms with Crippen molar-refractivity contribution in [2.75, 3.05) is 13.2 Å². The smallest absolute Gasteiger partial charge is 0.410 e. The lowest BCUT2D eigenvalue weighted by Crippen LogP contribution is -2.61. The normalized spacial score (nSPS) is 19.5. The lowest BCUT2D eigenvalue weighted by molar-refractivity contribution is -0.0773. The molecule has 1 amide bonds. The predicted molar refractivity (Wildman–Crippen MR) is 53.0 cm³/mol. The number of rotatable bonds is 2. The van der Waals surface area contributed by atoms with Gasteiger partial charge in [0.05, 0.1) is 17.7 Å². The molecule has 82 valence electrons. The molecule has 0 bridgehead atoms. The van der Waals surface area contributed by atoms with Crippen molar-refractivity contribution in [1.82, 2.24) is 4.90 Å². The first-order valence-electron chi connectivity index (χ1n) is 4.93. The van der Waals surface area contributed by atoms with Crippen LogP contribution in [0.5, 0.6) is 0 Å². The minimum atomic E-state index is -0.941. The first kappa shape index (κ1) is 11.3. The second-order valence-corrected chi connectivity index (χ2v) is 4.74. The fourth-order valence-corrected chi connectivity index (χ4v) is 1.39. The Kier molecular flexibility index (Phi) is 2.76. The van der Waals surface area contributed by atoms with Crippen molar-refractivity contribution >= 4 is 6.09 Å². The molecule has 0 aromatic heterocycles. The standard InChI is InChI=1S/C10H19NO3/c1-9(2,10(3,4)13)11-6-5-7-14-8(11)12/h13H,5-7H2,1-4H3. The van der Waals surface area contributed by atoms with E-state index in [0.717, 1.165) is 6.42 Å². The largest absolute Gasteiger partial charge is 0.449 e. The number of carbonyl (C=O) groups is 1. The third kappa shape index (κ3) is 1.85. The molecule has 0 saturated carbocycles. The Balaban J connectivity index is 2.85. The minimum Gasteiger partial charge on any atom is -0.449 e. The Morgan fingerprint density at radius 2 is 1.93 bits per heavy atom. The summed E-state index contributed by atoms with van der Waals surface area (Å²) in [6.07, 6.45) is 0.494. The maximum Gasteiger partial charge on any atom is 0.410 e. The molecule has 4 heteroatoms. The Hall–Kier alpha value is -0.770. The van der Waals surface area contributed by atoms with E-state index < -0.39 is 11.1 Å². The molecule has 0 unspecified atom stereocenters. The Morgan fingerprint density at radius 1 is 1.36 bits per heavy atom. The molecule has 0 aromatic carbocycles. The number of carbonyl (C=O) groups excluding carboxylic acids is 1. The summed E-state index contributed by atoms with van der Waals surface area (Å²) in [6, 6.07) is 0. The third-order valence-electron chi connectivity index (χ3n) is 3.14. The van der Waals surface area contributed by atoms with Crippen molar-refractivity contribution in [3.05, 3.63) is 0 Å². The molecule has 0 aromatic rings. The van der Waals surface area contributed by atoms with Gasteiger partial charge in [0.25, 0.3) is 0 Å². The van der Waals surface area contributed by atoms with E-state index in [0.29, 0.717) is 13.2 Å². The summed E-state index contributed by atoms with van der Waals surface area (Å²) in [7, 11) is 0. The van der Waals surface area contributed by atoms with Gasteiger partial charge in [0, 0.05) is 6.54 Å². The van der Waals surface area contributed by atoms with Gasteiger partial charge in [-0.3, -0.25) is 0 Å². The highest BCUT2D eigenvalue weighted by Crippen LogP contribution is 2.29.